The van der Waals surface area contributed by atoms with Crippen molar-refractivity contribution >= 4 is 21.4 Å². The summed E-state index contributed by atoms with van der Waals surface area (Å²) in [5.74, 6) is 0. The Bertz CT molecular complexity index is 509. The molecule has 0 spiro atoms. The smallest absolute Gasteiger partial charge is 0.237 e. The summed E-state index contributed by atoms with van der Waals surface area (Å²) in [5.41, 5.74) is 8.16. The van der Waals surface area contributed by atoms with Gasteiger partial charge in [-0.2, -0.15) is 0 Å². The highest BCUT2D eigenvalue weighted by molar-refractivity contribution is 7.93. The van der Waals surface area contributed by atoms with E-state index in [1.54, 1.807) is 26.0 Å². The lowest BCUT2D eigenvalue weighted by Crippen LogP contribution is -2.34. The van der Waals surface area contributed by atoms with Crippen LogP contribution in [0.1, 0.15) is 19.4 Å². The first-order valence-corrected chi connectivity index (χ1v) is 6.83. The van der Waals surface area contributed by atoms with Gasteiger partial charge in [-0.05, 0) is 44.0 Å². The van der Waals surface area contributed by atoms with Crippen molar-refractivity contribution in [2.24, 2.45) is 0 Å². The van der Waals surface area contributed by atoms with Crippen LogP contribution in [0.25, 0.3) is 0 Å². The third-order valence-electron chi connectivity index (χ3n) is 2.86. The highest BCUT2D eigenvalue weighted by atomic mass is 32.2. The van der Waals surface area contributed by atoms with Crippen molar-refractivity contribution in [2.75, 3.05) is 16.6 Å². The van der Waals surface area contributed by atoms with E-state index in [0.29, 0.717) is 12.2 Å². The van der Waals surface area contributed by atoms with E-state index in [-0.39, 0.29) is 0 Å². The first-order chi connectivity index (χ1) is 7.43. The normalized spacial score (nSPS) is 15.6. The third-order valence-corrected chi connectivity index (χ3v) is 5.04. The quantitative estimate of drug-likeness (QED) is 0.794. The average Bonchev–Trinajstić information content (AvgIpc) is 2.60. The number of hydrogen-bond donors (Lipinski definition) is 1. The maximum Gasteiger partial charge on any atom is 0.237 e. The maximum absolute atomic E-state index is 12.1. The molecular formula is C11H16N2O2S. The molecule has 1 aliphatic heterocycles. The summed E-state index contributed by atoms with van der Waals surface area (Å²) in [4.78, 5) is 0. The molecule has 0 unspecified atom stereocenters. The van der Waals surface area contributed by atoms with Gasteiger partial charge in [-0.15, -0.1) is 0 Å². The Balaban J connectivity index is 2.46. The lowest BCUT2D eigenvalue weighted by Gasteiger charge is -2.21. The Morgan fingerprint density at radius 3 is 2.69 bits per heavy atom. The first kappa shape index (κ1) is 11.3. The Morgan fingerprint density at radius 1 is 1.38 bits per heavy atom. The minimum absolute atomic E-state index is 0.393. The topological polar surface area (TPSA) is 63.4 Å². The van der Waals surface area contributed by atoms with Crippen LogP contribution < -0.4 is 10.0 Å². The van der Waals surface area contributed by atoms with Gasteiger partial charge in [-0.3, -0.25) is 4.31 Å². The van der Waals surface area contributed by atoms with Crippen molar-refractivity contribution < 1.29 is 8.42 Å². The number of nitrogen functional groups attached to an aromatic ring is 1. The second kappa shape index (κ2) is 3.66. The summed E-state index contributed by atoms with van der Waals surface area (Å²) in [6, 6.07) is 5.38. The summed E-state index contributed by atoms with van der Waals surface area (Å²) < 4.78 is 25.6. The van der Waals surface area contributed by atoms with Gasteiger partial charge in [-0.1, -0.05) is 0 Å². The Kier molecular flexibility index (Phi) is 2.58. The summed E-state index contributed by atoms with van der Waals surface area (Å²) in [6.45, 7) is 3.93. The molecule has 0 radical (unpaired) electrons. The van der Waals surface area contributed by atoms with Crippen LogP contribution in [0.15, 0.2) is 18.2 Å². The molecule has 4 nitrogen and oxygen atoms in total. The van der Waals surface area contributed by atoms with Crippen LogP contribution >= 0.6 is 0 Å². The van der Waals surface area contributed by atoms with E-state index in [0.717, 1.165) is 17.7 Å². The highest BCUT2D eigenvalue weighted by Crippen LogP contribution is 2.32. The lowest BCUT2D eigenvalue weighted by atomic mass is 10.1. The molecule has 0 aliphatic carbocycles. The highest BCUT2D eigenvalue weighted by Gasteiger charge is 2.31. The molecule has 16 heavy (non-hydrogen) atoms. The zero-order valence-corrected chi connectivity index (χ0v) is 10.3. The maximum atomic E-state index is 12.1. The number of nitrogens with zero attached hydrogens (tertiary/aromatic N) is 1. The first-order valence-electron chi connectivity index (χ1n) is 5.33. The summed E-state index contributed by atoms with van der Waals surface area (Å²) >= 11 is 0. The number of benzene rings is 1. The SMILES string of the molecule is CC(C)S(=O)(=O)N1CCc2cc(N)ccc21. The molecule has 0 fully saturated rings. The Morgan fingerprint density at radius 2 is 2.06 bits per heavy atom. The van der Waals surface area contributed by atoms with Gasteiger partial charge < -0.3 is 5.73 Å². The van der Waals surface area contributed by atoms with E-state index in [1.165, 1.54) is 4.31 Å². The van der Waals surface area contributed by atoms with Gasteiger partial charge in [-0.25, -0.2) is 8.42 Å². The van der Waals surface area contributed by atoms with Crippen LogP contribution in [-0.2, 0) is 16.4 Å². The third kappa shape index (κ3) is 1.65. The van der Waals surface area contributed by atoms with Crippen molar-refractivity contribution in [3.05, 3.63) is 23.8 Å². The predicted octanol–water partition coefficient (Wildman–Crippen LogP) is 1.37. The van der Waals surface area contributed by atoms with E-state index in [9.17, 15) is 8.42 Å². The van der Waals surface area contributed by atoms with Gasteiger partial charge in [0.15, 0.2) is 0 Å². The van der Waals surface area contributed by atoms with E-state index in [4.69, 9.17) is 5.73 Å². The number of hydrogen-bond acceptors (Lipinski definition) is 3. The van der Waals surface area contributed by atoms with Crippen LogP contribution in [0.2, 0.25) is 0 Å². The van der Waals surface area contributed by atoms with E-state index < -0.39 is 15.3 Å². The molecule has 2 rings (SSSR count). The molecule has 1 aromatic carbocycles. The molecule has 1 aliphatic rings. The average molecular weight is 240 g/mol. The molecule has 1 heterocycles. The summed E-state index contributed by atoms with van der Waals surface area (Å²) in [7, 11) is -3.21. The van der Waals surface area contributed by atoms with Crippen LogP contribution in [0.5, 0.6) is 0 Å². The van der Waals surface area contributed by atoms with Crippen molar-refractivity contribution in [1.82, 2.24) is 0 Å². The van der Waals surface area contributed by atoms with Crippen LogP contribution in [0, 0.1) is 0 Å². The van der Waals surface area contributed by atoms with Gasteiger partial charge in [0.25, 0.3) is 0 Å². The molecule has 0 atom stereocenters. The van der Waals surface area contributed by atoms with Crippen molar-refractivity contribution in [3.8, 4) is 0 Å². The molecule has 88 valence electrons. The summed E-state index contributed by atoms with van der Waals surface area (Å²) in [6.07, 6.45) is 0.742. The van der Waals surface area contributed by atoms with E-state index in [2.05, 4.69) is 0 Å². The zero-order chi connectivity index (χ0) is 11.9. The second-order valence-electron chi connectivity index (χ2n) is 4.30. The molecule has 0 aromatic heterocycles. The minimum Gasteiger partial charge on any atom is -0.399 e. The van der Waals surface area contributed by atoms with Gasteiger partial charge in [0, 0.05) is 12.2 Å². The van der Waals surface area contributed by atoms with Crippen molar-refractivity contribution in [2.45, 2.75) is 25.5 Å². The fourth-order valence-electron chi connectivity index (χ4n) is 1.91. The number of nitrogens with two attached hydrogens (primary N) is 1. The molecule has 0 amide bonds. The molecule has 0 bridgehead atoms. The minimum atomic E-state index is -3.21. The van der Waals surface area contributed by atoms with Crippen molar-refractivity contribution in [1.29, 1.82) is 0 Å². The lowest BCUT2D eigenvalue weighted by molar-refractivity contribution is 0.583. The number of anilines is 2. The molecule has 0 saturated carbocycles. The fourth-order valence-corrected chi connectivity index (χ4v) is 3.22. The molecular weight excluding hydrogens is 224 g/mol. The Labute approximate surface area is 96.1 Å². The predicted molar refractivity (Wildman–Crippen MR) is 66.0 cm³/mol. The van der Waals surface area contributed by atoms with Gasteiger partial charge >= 0.3 is 0 Å². The Hall–Kier alpha value is -1.23. The van der Waals surface area contributed by atoms with Crippen molar-refractivity contribution in [3.63, 3.8) is 0 Å². The molecule has 5 heteroatoms. The standard InChI is InChI=1S/C11H16N2O2S/c1-8(2)16(14,15)13-6-5-9-7-10(12)3-4-11(9)13/h3-4,7-8H,5-6,12H2,1-2H3. The van der Waals surface area contributed by atoms with E-state index in [1.807, 2.05) is 6.07 Å². The largest absolute Gasteiger partial charge is 0.399 e. The van der Waals surface area contributed by atoms with Gasteiger partial charge in [0.1, 0.15) is 0 Å². The van der Waals surface area contributed by atoms with Gasteiger partial charge in [0.2, 0.25) is 10.0 Å². The van der Waals surface area contributed by atoms with Gasteiger partial charge in [0.05, 0.1) is 10.9 Å². The summed E-state index contributed by atoms with van der Waals surface area (Å²) in [5, 5.41) is -0.393. The second-order valence-corrected chi connectivity index (χ2v) is 6.72. The zero-order valence-electron chi connectivity index (χ0n) is 9.47. The number of fused-ring (bicyclic) bond motifs is 1. The molecule has 1 aromatic rings. The monoisotopic (exact) mass is 240 g/mol. The number of rotatable bonds is 2. The molecule has 0 saturated heterocycles. The van der Waals surface area contributed by atoms with E-state index >= 15 is 0 Å². The van der Waals surface area contributed by atoms with Crippen LogP contribution in [0.3, 0.4) is 0 Å². The number of sulfonamides is 1. The van der Waals surface area contributed by atoms with Crippen LogP contribution in [-0.4, -0.2) is 20.2 Å². The molecule has 2 N–H and O–H groups in total. The fraction of sp³-hybridized carbons (Fsp3) is 0.455. The van der Waals surface area contributed by atoms with Crippen LogP contribution in [0.4, 0.5) is 11.4 Å².